The first-order valence-electron chi connectivity index (χ1n) is 4.75. The van der Waals surface area contributed by atoms with E-state index in [1.165, 1.54) is 4.90 Å². The van der Waals surface area contributed by atoms with Crippen LogP contribution in [0.1, 0.15) is 6.92 Å². The molecular formula is C11H14N2O2. The molecule has 15 heavy (non-hydrogen) atoms. The van der Waals surface area contributed by atoms with Gasteiger partial charge in [-0.25, -0.2) is 9.69 Å². The first-order valence-corrected chi connectivity index (χ1v) is 4.75. The van der Waals surface area contributed by atoms with Crippen molar-refractivity contribution < 1.29 is 9.59 Å². The molecule has 0 spiro atoms. The van der Waals surface area contributed by atoms with Crippen molar-refractivity contribution in [3.8, 4) is 0 Å². The summed E-state index contributed by atoms with van der Waals surface area (Å²) in [6.07, 6.45) is 0.532. The van der Waals surface area contributed by atoms with Gasteiger partial charge in [0.15, 0.2) is 0 Å². The zero-order valence-corrected chi connectivity index (χ0v) is 8.88. The summed E-state index contributed by atoms with van der Waals surface area (Å²) < 4.78 is 0. The van der Waals surface area contributed by atoms with Gasteiger partial charge >= 0.3 is 6.03 Å². The normalized spacial score (nSPS) is 9.47. The van der Waals surface area contributed by atoms with Gasteiger partial charge in [-0.2, -0.15) is 0 Å². The molecule has 1 aromatic rings. The monoisotopic (exact) mass is 206 g/mol. The Labute approximate surface area is 89.1 Å². The Balaban J connectivity index is 2.90. The minimum atomic E-state index is -0.321. The lowest BCUT2D eigenvalue weighted by atomic mass is 10.3. The second-order valence-electron chi connectivity index (χ2n) is 3.11. The average Bonchev–Trinajstić information content (AvgIpc) is 2.30. The minimum absolute atomic E-state index is 0.321. The van der Waals surface area contributed by atoms with Gasteiger partial charge in [0.25, 0.3) is 0 Å². The molecule has 0 aliphatic heterocycles. The number of rotatable bonds is 3. The number of carbonyl (C=O) groups is 2. The molecule has 0 N–H and O–H groups in total. The second-order valence-corrected chi connectivity index (χ2v) is 3.11. The number of amides is 3. The van der Waals surface area contributed by atoms with E-state index in [9.17, 15) is 9.59 Å². The van der Waals surface area contributed by atoms with Crippen molar-refractivity contribution in [2.45, 2.75) is 6.92 Å². The number of nitrogens with zero attached hydrogens (tertiary/aromatic N) is 2. The van der Waals surface area contributed by atoms with Crippen LogP contribution in [0.4, 0.5) is 10.5 Å². The van der Waals surface area contributed by atoms with Crippen LogP contribution >= 0.6 is 0 Å². The third kappa shape index (κ3) is 2.56. The molecule has 0 unspecified atom stereocenters. The molecule has 0 saturated heterocycles. The van der Waals surface area contributed by atoms with Gasteiger partial charge in [0, 0.05) is 13.6 Å². The molecule has 1 rings (SSSR count). The summed E-state index contributed by atoms with van der Waals surface area (Å²) in [6, 6.07) is 8.51. The van der Waals surface area contributed by atoms with Gasteiger partial charge in [-0.3, -0.25) is 4.79 Å². The van der Waals surface area contributed by atoms with E-state index < -0.39 is 0 Å². The van der Waals surface area contributed by atoms with Crippen LogP contribution in [0, 0.1) is 0 Å². The molecular weight excluding hydrogens is 192 g/mol. The molecule has 3 amide bonds. The van der Waals surface area contributed by atoms with E-state index in [0.29, 0.717) is 18.6 Å². The van der Waals surface area contributed by atoms with Crippen LogP contribution in [0.2, 0.25) is 0 Å². The topological polar surface area (TPSA) is 40.6 Å². The summed E-state index contributed by atoms with van der Waals surface area (Å²) in [5, 5.41) is 0. The van der Waals surface area contributed by atoms with Crippen LogP contribution in [0.15, 0.2) is 30.3 Å². The smallest absolute Gasteiger partial charge is 0.327 e. The van der Waals surface area contributed by atoms with Crippen LogP contribution < -0.4 is 4.90 Å². The average molecular weight is 206 g/mol. The quantitative estimate of drug-likeness (QED) is 0.706. The standard InChI is InChI=1S/C11H14N2O2/c1-3-12(2)11(15)13(9-14)10-7-5-4-6-8-10/h4-9H,3H2,1-2H3. The Morgan fingerprint density at radius 3 is 2.40 bits per heavy atom. The number of hydrogen-bond acceptors (Lipinski definition) is 2. The summed E-state index contributed by atoms with van der Waals surface area (Å²) in [4.78, 5) is 25.1. The zero-order chi connectivity index (χ0) is 11.3. The van der Waals surface area contributed by atoms with E-state index in [1.54, 1.807) is 31.3 Å². The Bertz CT molecular complexity index is 338. The van der Waals surface area contributed by atoms with Crippen LogP contribution in [-0.4, -0.2) is 30.9 Å². The summed E-state index contributed by atoms with van der Waals surface area (Å²) in [5.41, 5.74) is 0.581. The summed E-state index contributed by atoms with van der Waals surface area (Å²) in [5.74, 6) is 0. The van der Waals surface area contributed by atoms with Crippen molar-refractivity contribution in [2.24, 2.45) is 0 Å². The van der Waals surface area contributed by atoms with E-state index in [2.05, 4.69) is 0 Å². The molecule has 0 atom stereocenters. The fraction of sp³-hybridized carbons (Fsp3) is 0.273. The SMILES string of the molecule is CCN(C)C(=O)N(C=O)c1ccccc1. The van der Waals surface area contributed by atoms with Crippen LogP contribution in [-0.2, 0) is 4.79 Å². The number of anilines is 1. The van der Waals surface area contributed by atoms with Crippen molar-refractivity contribution >= 4 is 18.1 Å². The molecule has 0 saturated carbocycles. The molecule has 1 aromatic carbocycles. The molecule has 80 valence electrons. The van der Waals surface area contributed by atoms with E-state index in [-0.39, 0.29) is 6.03 Å². The fourth-order valence-electron chi connectivity index (χ4n) is 1.12. The molecule has 0 bridgehead atoms. The minimum Gasteiger partial charge on any atom is -0.327 e. The third-order valence-electron chi connectivity index (χ3n) is 2.15. The van der Waals surface area contributed by atoms with Crippen LogP contribution in [0.5, 0.6) is 0 Å². The lowest BCUT2D eigenvalue weighted by molar-refractivity contribution is -0.107. The van der Waals surface area contributed by atoms with E-state index >= 15 is 0 Å². The Morgan fingerprint density at radius 1 is 1.33 bits per heavy atom. The zero-order valence-electron chi connectivity index (χ0n) is 8.88. The van der Waals surface area contributed by atoms with Gasteiger partial charge in [0.2, 0.25) is 6.41 Å². The summed E-state index contributed by atoms with van der Waals surface area (Å²) in [7, 11) is 1.65. The molecule has 0 fully saturated rings. The predicted octanol–water partition coefficient (Wildman–Crippen LogP) is 1.72. The molecule has 0 aliphatic carbocycles. The van der Waals surface area contributed by atoms with E-state index in [4.69, 9.17) is 0 Å². The Kier molecular flexibility index (Phi) is 3.85. The lowest BCUT2D eigenvalue weighted by Gasteiger charge is -2.22. The third-order valence-corrected chi connectivity index (χ3v) is 2.15. The lowest BCUT2D eigenvalue weighted by Crippen LogP contribution is -2.40. The predicted molar refractivity (Wildman–Crippen MR) is 58.7 cm³/mol. The maximum absolute atomic E-state index is 11.7. The number of para-hydroxylation sites is 1. The number of urea groups is 1. The van der Waals surface area contributed by atoms with Crippen molar-refractivity contribution in [2.75, 3.05) is 18.5 Å². The first kappa shape index (κ1) is 11.2. The molecule has 0 aliphatic rings. The van der Waals surface area contributed by atoms with Crippen molar-refractivity contribution in [3.05, 3.63) is 30.3 Å². The van der Waals surface area contributed by atoms with Gasteiger partial charge in [-0.1, -0.05) is 18.2 Å². The Morgan fingerprint density at radius 2 is 1.93 bits per heavy atom. The number of imide groups is 1. The maximum Gasteiger partial charge on any atom is 0.330 e. The van der Waals surface area contributed by atoms with Gasteiger partial charge in [-0.05, 0) is 19.1 Å². The van der Waals surface area contributed by atoms with Gasteiger partial charge < -0.3 is 4.90 Å². The fourth-order valence-corrected chi connectivity index (χ4v) is 1.12. The second kappa shape index (κ2) is 5.14. The molecule has 4 nitrogen and oxygen atoms in total. The first-order chi connectivity index (χ1) is 7.20. The Hall–Kier alpha value is -1.84. The van der Waals surface area contributed by atoms with Crippen molar-refractivity contribution in [1.29, 1.82) is 0 Å². The largest absolute Gasteiger partial charge is 0.330 e. The highest BCUT2D eigenvalue weighted by Crippen LogP contribution is 2.12. The highest BCUT2D eigenvalue weighted by Gasteiger charge is 2.17. The highest BCUT2D eigenvalue weighted by molar-refractivity contribution is 6.05. The van der Waals surface area contributed by atoms with Gasteiger partial charge in [-0.15, -0.1) is 0 Å². The molecule has 4 heteroatoms. The van der Waals surface area contributed by atoms with Crippen molar-refractivity contribution in [1.82, 2.24) is 4.90 Å². The van der Waals surface area contributed by atoms with E-state index in [0.717, 1.165) is 4.90 Å². The highest BCUT2D eigenvalue weighted by atomic mass is 16.2. The molecule has 0 aromatic heterocycles. The van der Waals surface area contributed by atoms with Crippen LogP contribution in [0.3, 0.4) is 0 Å². The summed E-state index contributed by atoms with van der Waals surface area (Å²) >= 11 is 0. The van der Waals surface area contributed by atoms with Gasteiger partial charge in [0.05, 0.1) is 5.69 Å². The number of benzene rings is 1. The van der Waals surface area contributed by atoms with Gasteiger partial charge in [0.1, 0.15) is 0 Å². The number of hydrogen-bond donors (Lipinski definition) is 0. The maximum atomic E-state index is 11.7. The van der Waals surface area contributed by atoms with Crippen LogP contribution in [0.25, 0.3) is 0 Å². The summed E-state index contributed by atoms with van der Waals surface area (Å²) in [6.45, 7) is 2.42. The van der Waals surface area contributed by atoms with E-state index in [1.807, 2.05) is 13.0 Å². The van der Waals surface area contributed by atoms with Crippen molar-refractivity contribution in [3.63, 3.8) is 0 Å². The number of carbonyl (C=O) groups excluding carboxylic acids is 2. The molecule has 0 heterocycles. The molecule has 0 radical (unpaired) electrons.